The maximum Gasteiger partial charge on any atom is 0.203 e. The van der Waals surface area contributed by atoms with Gasteiger partial charge in [0.15, 0.2) is 0 Å². The summed E-state index contributed by atoms with van der Waals surface area (Å²) in [7, 11) is 1.66. The van der Waals surface area contributed by atoms with Gasteiger partial charge in [-0.3, -0.25) is 5.43 Å². The average Bonchev–Trinajstić information content (AvgIpc) is 3.12. The Morgan fingerprint density at radius 2 is 1.80 bits per heavy atom. The fourth-order valence-electron chi connectivity index (χ4n) is 2.20. The number of nitrogens with one attached hydrogen (secondary N) is 1. The molecule has 3 aromatic rings. The summed E-state index contributed by atoms with van der Waals surface area (Å²) in [5.74, 6) is 1.69. The predicted molar refractivity (Wildman–Crippen MR) is 103 cm³/mol. The molecule has 1 heterocycles. The molecule has 0 fully saturated rings. The summed E-state index contributed by atoms with van der Waals surface area (Å²) < 4.78 is 10.6. The van der Waals surface area contributed by atoms with E-state index < -0.39 is 0 Å². The summed E-state index contributed by atoms with van der Waals surface area (Å²) in [6, 6.07) is 15.6. The molecule has 3 rings (SSSR count). The predicted octanol–water partition coefficient (Wildman–Crippen LogP) is 4.66. The molecule has 0 unspecified atom stereocenters. The number of nitrogens with zero attached hydrogens (tertiary/aromatic N) is 2. The first-order valence-corrected chi connectivity index (χ1v) is 8.78. The lowest BCUT2D eigenvalue weighted by Crippen LogP contribution is -1.92. The van der Waals surface area contributed by atoms with Crippen molar-refractivity contribution < 1.29 is 9.47 Å². The standard InChI is InChI=1S/C19H19N3O2S/c1-3-24-17-8-4-14(5-9-17)12-20-22-19-21-18(13-25-19)15-6-10-16(23-2)11-7-15/h4-13H,3H2,1-2H3,(H,21,22). The molecular weight excluding hydrogens is 334 g/mol. The molecule has 2 aromatic carbocycles. The summed E-state index contributed by atoms with van der Waals surface area (Å²) in [5.41, 5.74) is 5.91. The molecule has 0 saturated carbocycles. The van der Waals surface area contributed by atoms with Crippen molar-refractivity contribution >= 4 is 22.7 Å². The Hall–Kier alpha value is -2.86. The van der Waals surface area contributed by atoms with E-state index in [2.05, 4.69) is 15.5 Å². The largest absolute Gasteiger partial charge is 0.497 e. The van der Waals surface area contributed by atoms with Gasteiger partial charge in [0.25, 0.3) is 0 Å². The van der Waals surface area contributed by atoms with E-state index in [9.17, 15) is 0 Å². The number of hydrogen-bond acceptors (Lipinski definition) is 6. The zero-order valence-electron chi connectivity index (χ0n) is 14.1. The Morgan fingerprint density at radius 3 is 2.48 bits per heavy atom. The monoisotopic (exact) mass is 353 g/mol. The highest BCUT2D eigenvalue weighted by Gasteiger charge is 2.04. The van der Waals surface area contributed by atoms with E-state index in [0.29, 0.717) is 6.61 Å². The summed E-state index contributed by atoms with van der Waals surface area (Å²) in [5, 5.41) is 6.97. The van der Waals surface area contributed by atoms with Gasteiger partial charge in [-0.15, -0.1) is 11.3 Å². The van der Waals surface area contributed by atoms with E-state index in [-0.39, 0.29) is 0 Å². The Morgan fingerprint density at radius 1 is 1.08 bits per heavy atom. The number of benzene rings is 2. The molecule has 0 amide bonds. The van der Waals surface area contributed by atoms with Crippen molar-refractivity contribution in [3.05, 3.63) is 59.5 Å². The van der Waals surface area contributed by atoms with Crippen LogP contribution in [0.5, 0.6) is 11.5 Å². The van der Waals surface area contributed by atoms with Gasteiger partial charge in [0.05, 0.1) is 25.6 Å². The number of aromatic nitrogens is 1. The van der Waals surface area contributed by atoms with Gasteiger partial charge in [-0.05, 0) is 61.0 Å². The summed E-state index contributed by atoms with van der Waals surface area (Å²) in [6.07, 6.45) is 1.75. The zero-order valence-corrected chi connectivity index (χ0v) is 14.9. The molecule has 0 aliphatic heterocycles. The highest BCUT2D eigenvalue weighted by Crippen LogP contribution is 2.26. The highest BCUT2D eigenvalue weighted by atomic mass is 32.1. The van der Waals surface area contributed by atoms with E-state index in [4.69, 9.17) is 9.47 Å². The first-order valence-electron chi connectivity index (χ1n) is 7.90. The lowest BCUT2D eigenvalue weighted by Gasteiger charge is -2.02. The third-order valence-electron chi connectivity index (χ3n) is 3.45. The topological polar surface area (TPSA) is 55.7 Å². The summed E-state index contributed by atoms with van der Waals surface area (Å²) in [4.78, 5) is 4.54. The number of thiazole rings is 1. The SMILES string of the molecule is CCOc1ccc(C=NNc2nc(-c3ccc(OC)cc3)cs2)cc1. The Balaban J connectivity index is 1.60. The average molecular weight is 353 g/mol. The maximum absolute atomic E-state index is 5.42. The van der Waals surface area contributed by atoms with Gasteiger partial charge in [0, 0.05) is 10.9 Å². The van der Waals surface area contributed by atoms with Crippen LogP contribution in [0.2, 0.25) is 0 Å². The minimum atomic E-state index is 0.662. The Bertz CT molecular complexity index is 827. The second kappa shape index (κ2) is 8.30. The maximum atomic E-state index is 5.42. The van der Waals surface area contributed by atoms with Crippen LogP contribution in [0.15, 0.2) is 59.0 Å². The molecular formula is C19H19N3O2S. The Labute approximate surface area is 151 Å². The molecule has 0 spiro atoms. The van der Waals surface area contributed by atoms with Crippen molar-refractivity contribution in [3.63, 3.8) is 0 Å². The van der Waals surface area contributed by atoms with Gasteiger partial charge in [0.1, 0.15) is 11.5 Å². The first kappa shape index (κ1) is 17.0. The van der Waals surface area contributed by atoms with Gasteiger partial charge < -0.3 is 9.47 Å². The van der Waals surface area contributed by atoms with Gasteiger partial charge in [-0.1, -0.05) is 0 Å². The van der Waals surface area contributed by atoms with Crippen LogP contribution < -0.4 is 14.9 Å². The quantitative estimate of drug-likeness (QED) is 0.496. The number of methoxy groups -OCH3 is 1. The van der Waals surface area contributed by atoms with E-state index in [1.54, 1.807) is 13.3 Å². The van der Waals surface area contributed by atoms with Gasteiger partial charge in [-0.2, -0.15) is 5.10 Å². The molecule has 0 atom stereocenters. The molecule has 0 aliphatic carbocycles. The zero-order chi connectivity index (χ0) is 17.5. The van der Waals surface area contributed by atoms with Crippen LogP contribution in [0.3, 0.4) is 0 Å². The number of hydrogen-bond donors (Lipinski definition) is 1. The second-order valence-electron chi connectivity index (χ2n) is 5.14. The normalized spacial score (nSPS) is 10.8. The molecule has 0 bridgehead atoms. The van der Waals surface area contributed by atoms with Gasteiger partial charge >= 0.3 is 0 Å². The number of rotatable bonds is 7. The van der Waals surface area contributed by atoms with E-state index in [1.807, 2.05) is 60.8 Å². The molecule has 128 valence electrons. The Kier molecular flexibility index (Phi) is 5.64. The molecule has 1 N–H and O–H groups in total. The fraction of sp³-hybridized carbons (Fsp3) is 0.158. The summed E-state index contributed by atoms with van der Waals surface area (Å²) >= 11 is 1.51. The van der Waals surface area contributed by atoms with E-state index in [1.165, 1.54) is 11.3 Å². The molecule has 25 heavy (non-hydrogen) atoms. The van der Waals surface area contributed by atoms with Crippen molar-refractivity contribution in [2.75, 3.05) is 19.1 Å². The van der Waals surface area contributed by atoms with E-state index in [0.717, 1.165) is 33.5 Å². The first-order chi connectivity index (χ1) is 12.3. The van der Waals surface area contributed by atoms with Crippen molar-refractivity contribution in [1.29, 1.82) is 0 Å². The fourth-order valence-corrected chi connectivity index (χ4v) is 2.87. The van der Waals surface area contributed by atoms with Crippen LogP contribution in [-0.4, -0.2) is 24.9 Å². The van der Waals surface area contributed by atoms with Crippen molar-refractivity contribution in [2.45, 2.75) is 6.92 Å². The smallest absolute Gasteiger partial charge is 0.203 e. The number of hydrazone groups is 1. The van der Waals surface area contributed by atoms with Gasteiger partial charge in [0.2, 0.25) is 5.13 Å². The van der Waals surface area contributed by atoms with E-state index >= 15 is 0 Å². The number of ether oxygens (including phenoxy) is 2. The van der Waals surface area contributed by atoms with Crippen LogP contribution in [0.25, 0.3) is 11.3 Å². The van der Waals surface area contributed by atoms with Crippen molar-refractivity contribution in [2.24, 2.45) is 5.10 Å². The van der Waals surface area contributed by atoms with Crippen LogP contribution in [-0.2, 0) is 0 Å². The number of anilines is 1. The third-order valence-corrected chi connectivity index (χ3v) is 4.20. The van der Waals surface area contributed by atoms with Crippen LogP contribution >= 0.6 is 11.3 Å². The van der Waals surface area contributed by atoms with Gasteiger partial charge in [-0.25, -0.2) is 4.98 Å². The molecule has 0 aliphatic rings. The lowest BCUT2D eigenvalue weighted by atomic mass is 10.2. The third kappa shape index (κ3) is 4.58. The summed E-state index contributed by atoms with van der Waals surface area (Å²) in [6.45, 7) is 2.63. The van der Waals surface area contributed by atoms with Crippen LogP contribution in [0.4, 0.5) is 5.13 Å². The molecule has 1 aromatic heterocycles. The lowest BCUT2D eigenvalue weighted by molar-refractivity contribution is 0.340. The molecule has 0 radical (unpaired) electrons. The van der Waals surface area contributed by atoms with Crippen LogP contribution in [0.1, 0.15) is 12.5 Å². The second-order valence-corrected chi connectivity index (χ2v) is 6.00. The highest BCUT2D eigenvalue weighted by molar-refractivity contribution is 7.14. The van der Waals surface area contributed by atoms with Crippen molar-refractivity contribution in [1.82, 2.24) is 4.98 Å². The van der Waals surface area contributed by atoms with Crippen LogP contribution in [0, 0.1) is 0 Å². The minimum Gasteiger partial charge on any atom is -0.497 e. The van der Waals surface area contributed by atoms with Crippen molar-refractivity contribution in [3.8, 4) is 22.8 Å². The molecule has 5 nitrogen and oxygen atoms in total. The molecule has 0 saturated heterocycles. The molecule has 6 heteroatoms. The minimum absolute atomic E-state index is 0.662.